The van der Waals surface area contributed by atoms with Crippen LogP contribution in [0.25, 0.3) is 0 Å². The number of aromatic nitrogens is 2. The fourth-order valence-corrected chi connectivity index (χ4v) is 3.18. The number of nitrogens with one attached hydrogen (secondary N) is 2. The summed E-state index contributed by atoms with van der Waals surface area (Å²) in [7, 11) is 0. The summed E-state index contributed by atoms with van der Waals surface area (Å²) in [5.74, 6) is 0.446. The van der Waals surface area contributed by atoms with Gasteiger partial charge in [-0.05, 0) is 32.2 Å². The molecule has 2 fully saturated rings. The summed E-state index contributed by atoms with van der Waals surface area (Å²) in [6, 6.07) is -0.0861. The lowest BCUT2D eigenvalue weighted by atomic mass is 9.95. The van der Waals surface area contributed by atoms with E-state index in [1.807, 2.05) is 4.90 Å². The maximum atomic E-state index is 12.6. The van der Waals surface area contributed by atoms with Crippen LogP contribution >= 0.6 is 24.8 Å². The molecule has 1 amide bonds. The Bertz CT molecular complexity index is 538. The molecule has 138 valence electrons. The molecule has 0 bridgehead atoms. The molecule has 24 heavy (non-hydrogen) atoms. The van der Waals surface area contributed by atoms with E-state index in [1.54, 1.807) is 0 Å². The topological polar surface area (TPSA) is 61.0 Å². The van der Waals surface area contributed by atoms with Gasteiger partial charge in [-0.3, -0.25) is 4.79 Å². The summed E-state index contributed by atoms with van der Waals surface area (Å²) < 4.78 is 37.7. The van der Waals surface area contributed by atoms with Gasteiger partial charge in [-0.25, -0.2) is 4.98 Å². The molecule has 2 aliphatic heterocycles. The first-order valence-corrected chi connectivity index (χ1v) is 7.59. The van der Waals surface area contributed by atoms with E-state index in [0.29, 0.717) is 31.8 Å². The van der Waals surface area contributed by atoms with Gasteiger partial charge in [-0.15, -0.1) is 24.8 Å². The van der Waals surface area contributed by atoms with Gasteiger partial charge in [-0.1, -0.05) is 0 Å². The van der Waals surface area contributed by atoms with Crippen LogP contribution in [0.3, 0.4) is 0 Å². The number of carbonyl (C=O) groups is 1. The number of imidazole rings is 1. The molecule has 2 aliphatic rings. The highest BCUT2D eigenvalue weighted by atomic mass is 35.5. The quantitative estimate of drug-likeness (QED) is 0.818. The van der Waals surface area contributed by atoms with Crippen molar-refractivity contribution in [1.29, 1.82) is 0 Å². The molecule has 2 saturated heterocycles. The largest absolute Gasteiger partial charge is 0.432 e. The van der Waals surface area contributed by atoms with E-state index in [1.165, 1.54) is 0 Å². The normalized spacial score (nSPS) is 22.0. The monoisotopic (exact) mass is 388 g/mol. The van der Waals surface area contributed by atoms with Crippen LogP contribution in [0.15, 0.2) is 6.20 Å². The predicted molar refractivity (Wildman–Crippen MR) is 87.7 cm³/mol. The lowest BCUT2D eigenvalue weighted by Gasteiger charge is -2.32. The number of H-pyrrole nitrogens is 1. The molecule has 0 spiro atoms. The summed E-state index contributed by atoms with van der Waals surface area (Å²) in [5, 5.41) is 3.18. The number of hydrogen-bond acceptors (Lipinski definition) is 3. The number of amides is 1. The number of nitrogens with zero attached hydrogens (tertiary/aromatic N) is 2. The Morgan fingerprint density at radius 3 is 2.38 bits per heavy atom. The fraction of sp³-hybridized carbons (Fsp3) is 0.714. The van der Waals surface area contributed by atoms with Crippen molar-refractivity contribution in [2.24, 2.45) is 0 Å². The van der Waals surface area contributed by atoms with Gasteiger partial charge in [0.15, 0.2) is 0 Å². The van der Waals surface area contributed by atoms with Gasteiger partial charge >= 0.3 is 6.18 Å². The first kappa shape index (κ1) is 21.1. The number of halogens is 5. The van der Waals surface area contributed by atoms with Gasteiger partial charge in [0.05, 0.1) is 12.2 Å². The van der Waals surface area contributed by atoms with Crippen molar-refractivity contribution in [1.82, 2.24) is 20.2 Å². The van der Waals surface area contributed by atoms with Crippen molar-refractivity contribution in [3.63, 3.8) is 0 Å². The lowest BCUT2D eigenvalue weighted by Crippen LogP contribution is -2.46. The minimum Gasteiger partial charge on any atom is -0.341 e. The molecule has 3 heterocycles. The Morgan fingerprint density at radius 2 is 1.88 bits per heavy atom. The molecule has 1 aromatic rings. The second-order valence-electron chi connectivity index (χ2n) is 5.93. The number of piperidine rings is 1. The van der Waals surface area contributed by atoms with E-state index in [0.717, 1.165) is 25.6 Å². The number of aromatic amines is 1. The summed E-state index contributed by atoms with van der Waals surface area (Å²) in [6.45, 7) is 2.02. The van der Waals surface area contributed by atoms with Gasteiger partial charge in [0, 0.05) is 19.0 Å². The molecule has 5 nitrogen and oxygen atoms in total. The average Bonchev–Trinajstić information content (AvgIpc) is 3.17. The van der Waals surface area contributed by atoms with Crippen molar-refractivity contribution in [3.8, 4) is 0 Å². The molecule has 3 rings (SSSR count). The van der Waals surface area contributed by atoms with E-state index in [-0.39, 0.29) is 42.7 Å². The van der Waals surface area contributed by atoms with Gasteiger partial charge in [0.1, 0.15) is 11.5 Å². The Hall–Kier alpha value is -0.990. The molecule has 0 saturated carbocycles. The van der Waals surface area contributed by atoms with Gasteiger partial charge in [0.2, 0.25) is 5.91 Å². The zero-order valence-corrected chi connectivity index (χ0v) is 14.6. The van der Waals surface area contributed by atoms with E-state index >= 15 is 0 Å². The summed E-state index contributed by atoms with van der Waals surface area (Å²) >= 11 is 0. The first-order chi connectivity index (χ1) is 10.4. The maximum Gasteiger partial charge on any atom is 0.432 e. The number of hydrogen-bond donors (Lipinski definition) is 2. The third-order valence-electron chi connectivity index (χ3n) is 4.45. The van der Waals surface area contributed by atoms with Gasteiger partial charge in [-0.2, -0.15) is 13.2 Å². The van der Waals surface area contributed by atoms with Crippen molar-refractivity contribution in [3.05, 3.63) is 17.7 Å². The minimum atomic E-state index is -4.39. The Balaban J connectivity index is 0.00000144. The standard InChI is InChI=1S/C14H19F3N4O.2ClH/c15-14(16,17)11-8-19-12(20-11)9-3-6-21(7-4-9)13(22)10-2-1-5-18-10;;/h8-10,18H,1-7H2,(H,19,20);2*1H. The zero-order valence-electron chi connectivity index (χ0n) is 12.9. The number of likely N-dealkylation sites (tertiary alicyclic amines) is 1. The van der Waals surface area contributed by atoms with E-state index in [2.05, 4.69) is 15.3 Å². The molecular weight excluding hydrogens is 368 g/mol. The predicted octanol–water partition coefficient (Wildman–Crippen LogP) is 2.73. The maximum absolute atomic E-state index is 12.6. The highest BCUT2D eigenvalue weighted by molar-refractivity contribution is 5.85. The molecule has 1 aromatic heterocycles. The molecule has 0 radical (unpaired) electrons. The Labute approximate surface area is 150 Å². The zero-order chi connectivity index (χ0) is 15.7. The average molecular weight is 389 g/mol. The van der Waals surface area contributed by atoms with Crippen LogP contribution in [-0.2, 0) is 11.0 Å². The lowest BCUT2D eigenvalue weighted by molar-refractivity contribution is -0.141. The summed E-state index contributed by atoms with van der Waals surface area (Å²) in [4.78, 5) is 20.3. The number of alkyl halides is 3. The second-order valence-corrected chi connectivity index (χ2v) is 5.93. The van der Waals surface area contributed by atoms with Crippen LogP contribution in [0.5, 0.6) is 0 Å². The van der Waals surface area contributed by atoms with Crippen molar-refractivity contribution < 1.29 is 18.0 Å². The fourth-order valence-electron chi connectivity index (χ4n) is 3.18. The molecule has 2 N–H and O–H groups in total. The second kappa shape index (κ2) is 8.40. The SMILES string of the molecule is Cl.Cl.O=C(C1CCCN1)N1CCC(c2ncc(C(F)(F)F)[nH]2)CC1. The van der Waals surface area contributed by atoms with Crippen LogP contribution in [0.4, 0.5) is 13.2 Å². The third-order valence-corrected chi connectivity index (χ3v) is 4.45. The smallest absolute Gasteiger partial charge is 0.341 e. The highest BCUT2D eigenvalue weighted by Crippen LogP contribution is 2.31. The molecular formula is C14H21Cl2F3N4O. The first-order valence-electron chi connectivity index (χ1n) is 7.59. The van der Waals surface area contributed by atoms with Crippen molar-refractivity contribution in [2.45, 2.75) is 43.8 Å². The Kier molecular flexibility index (Phi) is 7.37. The van der Waals surface area contributed by atoms with Crippen LogP contribution < -0.4 is 5.32 Å². The number of rotatable bonds is 2. The van der Waals surface area contributed by atoms with Crippen LogP contribution in [0.1, 0.15) is 43.1 Å². The molecule has 0 aliphatic carbocycles. The molecule has 10 heteroatoms. The third kappa shape index (κ3) is 4.55. The molecule has 1 atom stereocenters. The van der Waals surface area contributed by atoms with E-state index < -0.39 is 11.9 Å². The molecule has 0 aromatic carbocycles. The van der Waals surface area contributed by atoms with Gasteiger partial charge in [0.25, 0.3) is 0 Å². The van der Waals surface area contributed by atoms with Gasteiger partial charge < -0.3 is 15.2 Å². The summed E-state index contributed by atoms with van der Waals surface area (Å²) in [5.41, 5.74) is -0.809. The van der Waals surface area contributed by atoms with Crippen LogP contribution in [-0.4, -0.2) is 46.5 Å². The highest BCUT2D eigenvalue weighted by Gasteiger charge is 2.35. The van der Waals surface area contributed by atoms with Crippen molar-refractivity contribution in [2.75, 3.05) is 19.6 Å². The van der Waals surface area contributed by atoms with Crippen molar-refractivity contribution >= 4 is 30.7 Å². The Morgan fingerprint density at radius 1 is 1.21 bits per heavy atom. The summed E-state index contributed by atoms with van der Waals surface area (Å²) in [6.07, 6.45) is -0.386. The van der Waals surface area contributed by atoms with E-state index in [9.17, 15) is 18.0 Å². The molecule has 1 unspecified atom stereocenters. The van der Waals surface area contributed by atoms with Crippen LogP contribution in [0.2, 0.25) is 0 Å². The number of carbonyl (C=O) groups excluding carboxylic acids is 1. The van der Waals surface area contributed by atoms with Crippen LogP contribution in [0, 0.1) is 0 Å². The van der Waals surface area contributed by atoms with E-state index in [4.69, 9.17) is 0 Å². The minimum absolute atomic E-state index is 0.